The van der Waals surface area contributed by atoms with Crippen molar-refractivity contribution in [2.45, 2.75) is 39.5 Å². The van der Waals surface area contributed by atoms with Gasteiger partial charge in [0.05, 0.1) is 18.6 Å². The van der Waals surface area contributed by atoms with Gasteiger partial charge in [-0.25, -0.2) is 4.79 Å². The number of hydrogen-bond donors (Lipinski definition) is 1. The molecular weight excluding hydrogens is 470 g/mol. The van der Waals surface area contributed by atoms with Crippen LogP contribution in [0.3, 0.4) is 0 Å². The molecule has 1 amide bonds. The summed E-state index contributed by atoms with van der Waals surface area (Å²) in [7, 11) is 0. The molecule has 1 aliphatic rings. The van der Waals surface area contributed by atoms with E-state index in [9.17, 15) is 14.4 Å². The molecule has 1 aromatic carbocycles. The van der Waals surface area contributed by atoms with Gasteiger partial charge in [-0.3, -0.25) is 9.59 Å². The van der Waals surface area contributed by atoms with Crippen molar-refractivity contribution < 1.29 is 23.9 Å². The number of hydrogen-bond acceptors (Lipinski definition) is 6. The highest BCUT2D eigenvalue weighted by Gasteiger charge is 2.29. The Bertz CT molecular complexity index is 938. The van der Waals surface area contributed by atoms with E-state index in [0.29, 0.717) is 16.5 Å². The molecule has 1 aliphatic carbocycles. The number of nitrogens with one attached hydrogen (secondary N) is 1. The lowest BCUT2D eigenvalue weighted by molar-refractivity contribution is -0.146. The number of anilines is 1. The summed E-state index contributed by atoms with van der Waals surface area (Å²) >= 11 is 4.75. The number of ether oxygens (including phenoxy) is 2. The third-order valence-corrected chi connectivity index (χ3v) is 6.57. The van der Waals surface area contributed by atoms with Crippen LogP contribution in [0.5, 0.6) is 0 Å². The fourth-order valence-corrected chi connectivity index (χ4v) is 5.07. The van der Waals surface area contributed by atoms with Crippen molar-refractivity contribution in [3.63, 3.8) is 0 Å². The lowest BCUT2D eigenvalue weighted by Gasteiger charge is -2.18. The number of carbonyl (C=O) groups excluding carboxylic acids is 3. The Labute approximate surface area is 188 Å². The molecule has 0 saturated heterocycles. The van der Waals surface area contributed by atoms with Crippen LogP contribution in [0.2, 0.25) is 0 Å². The van der Waals surface area contributed by atoms with Gasteiger partial charge in [-0.2, -0.15) is 0 Å². The number of esters is 2. The fourth-order valence-electron chi connectivity index (χ4n) is 3.39. The van der Waals surface area contributed by atoms with Crippen LogP contribution in [-0.4, -0.2) is 31.1 Å². The van der Waals surface area contributed by atoms with E-state index in [4.69, 9.17) is 9.47 Å². The molecule has 6 nitrogen and oxygen atoms in total. The molecule has 0 bridgehead atoms. The first-order chi connectivity index (χ1) is 14.4. The predicted octanol–water partition coefficient (Wildman–Crippen LogP) is 4.54. The molecule has 0 radical (unpaired) electrons. The van der Waals surface area contributed by atoms with Gasteiger partial charge in [0.2, 0.25) is 0 Å². The number of amides is 1. The molecule has 1 N–H and O–H groups in total. The van der Waals surface area contributed by atoms with Gasteiger partial charge in [-0.1, -0.05) is 35.0 Å². The number of thiophene rings is 1. The normalized spacial score (nSPS) is 15.2. The number of benzene rings is 1. The highest BCUT2D eigenvalue weighted by atomic mass is 79.9. The van der Waals surface area contributed by atoms with Gasteiger partial charge >= 0.3 is 11.9 Å². The Morgan fingerprint density at radius 2 is 1.93 bits per heavy atom. The van der Waals surface area contributed by atoms with Crippen molar-refractivity contribution in [3.05, 3.63) is 50.3 Å². The van der Waals surface area contributed by atoms with E-state index in [-0.39, 0.29) is 13.0 Å². The summed E-state index contributed by atoms with van der Waals surface area (Å²) in [6, 6.07) is 7.31. The number of halogens is 1. The summed E-state index contributed by atoms with van der Waals surface area (Å²) in [6.07, 6.45) is 2.75. The largest absolute Gasteiger partial charge is 0.462 e. The third kappa shape index (κ3) is 5.70. The Hall–Kier alpha value is -2.19. The third-order valence-electron chi connectivity index (χ3n) is 4.87. The second-order valence-electron chi connectivity index (χ2n) is 7.29. The number of carbonyl (C=O) groups is 3. The van der Waals surface area contributed by atoms with E-state index in [0.717, 1.165) is 39.7 Å². The molecule has 1 aromatic heterocycles. The van der Waals surface area contributed by atoms with E-state index in [1.807, 2.05) is 24.3 Å². The molecule has 3 rings (SSSR count). The van der Waals surface area contributed by atoms with Crippen LogP contribution in [-0.2, 0) is 38.3 Å². The Morgan fingerprint density at radius 3 is 2.63 bits per heavy atom. The van der Waals surface area contributed by atoms with Crippen molar-refractivity contribution in [1.29, 1.82) is 0 Å². The van der Waals surface area contributed by atoms with E-state index >= 15 is 0 Å². The van der Waals surface area contributed by atoms with Crippen molar-refractivity contribution >= 4 is 50.1 Å². The maximum absolute atomic E-state index is 12.5. The second-order valence-corrected chi connectivity index (χ2v) is 9.31. The van der Waals surface area contributed by atoms with Gasteiger partial charge in [0.25, 0.3) is 5.91 Å². The van der Waals surface area contributed by atoms with Crippen LogP contribution in [0.4, 0.5) is 5.00 Å². The molecule has 0 aliphatic heterocycles. The number of rotatable bonds is 7. The lowest BCUT2D eigenvalue weighted by atomic mass is 9.88. The van der Waals surface area contributed by atoms with Crippen LogP contribution in [0.15, 0.2) is 28.7 Å². The quantitative estimate of drug-likeness (QED) is 0.572. The van der Waals surface area contributed by atoms with Gasteiger partial charge in [0.15, 0.2) is 6.61 Å². The van der Waals surface area contributed by atoms with Gasteiger partial charge in [-0.15, -0.1) is 11.3 Å². The molecule has 0 spiro atoms. The zero-order valence-electron chi connectivity index (χ0n) is 17.0. The van der Waals surface area contributed by atoms with E-state index < -0.39 is 24.5 Å². The van der Waals surface area contributed by atoms with Crippen LogP contribution in [0.1, 0.15) is 46.6 Å². The van der Waals surface area contributed by atoms with Crippen molar-refractivity contribution in [2.24, 2.45) is 5.92 Å². The zero-order valence-corrected chi connectivity index (χ0v) is 19.4. The summed E-state index contributed by atoms with van der Waals surface area (Å²) in [5.41, 5.74) is 2.21. The fraction of sp³-hybridized carbons (Fsp3) is 0.409. The SMILES string of the molecule is CCOC(=O)c1c(NC(=O)COC(=O)Cc2ccc(Br)cc2)sc2c1CCC(C)C2. The molecule has 0 saturated carbocycles. The summed E-state index contributed by atoms with van der Waals surface area (Å²) < 4.78 is 11.2. The zero-order chi connectivity index (χ0) is 21.7. The average molecular weight is 494 g/mol. The predicted molar refractivity (Wildman–Crippen MR) is 119 cm³/mol. The smallest absolute Gasteiger partial charge is 0.341 e. The highest BCUT2D eigenvalue weighted by Crippen LogP contribution is 2.40. The Balaban J connectivity index is 1.63. The van der Waals surface area contributed by atoms with Gasteiger partial charge < -0.3 is 14.8 Å². The van der Waals surface area contributed by atoms with Crippen molar-refractivity contribution in [2.75, 3.05) is 18.5 Å². The first-order valence-electron chi connectivity index (χ1n) is 9.89. The molecule has 30 heavy (non-hydrogen) atoms. The maximum Gasteiger partial charge on any atom is 0.341 e. The molecule has 160 valence electrons. The summed E-state index contributed by atoms with van der Waals surface area (Å²) in [4.78, 5) is 38.0. The molecule has 1 unspecified atom stereocenters. The van der Waals surface area contributed by atoms with E-state index in [1.54, 1.807) is 6.92 Å². The molecule has 2 aromatic rings. The summed E-state index contributed by atoms with van der Waals surface area (Å²) in [5, 5.41) is 3.22. The minimum Gasteiger partial charge on any atom is -0.462 e. The summed E-state index contributed by atoms with van der Waals surface area (Å²) in [6.45, 7) is 3.79. The van der Waals surface area contributed by atoms with Gasteiger partial charge in [-0.05, 0) is 55.4 Å². The van der Waals surface area contributed by atoms with Crippen LogP contribution in [0.25, 0.3) is 0 Å². The topological polar surface area (TPSA) is 81.7 Å². The Kier molecular flexibility index (Phi) is 7.66. The minimum absolute atomic E-state index is 0.0832. The van der Waals surface area contributed by atoms with Gasteiger partial charge in [0.1, 0.15) is 5.00 Å². The maximum atomic E-state index is 12.5. The van der Waals surface area contributed by atoms with E-state index in [1.165, 1.54) is 11.3 Å². The number of fused-ring (bicyclic) bond motifs is 1. The molecular formula is C22H24BrNO5S. The van der Waals surface area contributed by atoms with Crippen molar-refractivity contribution in [3.8, 4) is 0 Å². The van der Waals surface area contributed by atoms with Gasteiger partial charge in [0, 0.05) is 9.35 Å². The monoisotopic (exact) mass is 493 g/mol. The molecule has 8 heteroatoms. The molecule has 1 heterocycles. The summed E-state index contributed by atoms with van der Waals surface area (Å²) in [5.74, 6) is -0.852. The van der Waals surface area contributed by atoms with Crippen LogP contribution < -0.4 is 5.32 Å². The standard InChI is InChI=1S/C22H24BrNO5S/c1-3-28-22(27)20-16-9-4-13(2)10-17(16)30-21(20)24-18(25)12-29-19(26)11-14-5-7-15(23)8-6-14/h5-8,13H,3-4,9-12H2,1-2H3,(H,24,25). The first kappa shape index (κ1) is 22.5. The lowest BCUT2D eigenvalue weighted by Crippen LogP contribution is -2.22. The molecule has 0 fully saturated rings. The van der Waals surface area contributed by atoms with Crippen LogP contribution in [0, 0.1) is 5.92 Å². The average Bonchev–Trinajstić information content (AvgIpc) is 3.05. The van der Waals surface area contributed by atoms with Crippen molar-refractivity contribution in [1.82, 2.24) is 0 Å². The molecule has 1 atom stereocenters. The Morgan fingerprint density at radius 1 is 1.20 bits per heavy atom. The highest BCUT2D eigenvalue weighted by molar-refractivity contribution is 9.10. The second kappa shape index (κ2) is 10.2. The first-order valence-corrected chi connectivity index (χ1v) is 11.5. The van der Waals surface area contributed by atoms with E-state index in [2.05, 4.69) is 28.2 Å². The minimum atomic E-state index is -0.489. The van der Waals surface area contributed by atoms with Crippen LogP contribution >= 0.6 is 27.3 Å².